The zero-order valence-electron chi connectivity index (χ0n) is 12.4. The van der Waals surface area contributed by atoms with Gasteiger partial charge in [-0.2, -0.15) is 0 Å². The van der Waals surface area contributed by atoms with Gasteiger partial charge >= 0.3 is 0 Å². The fourth-order valence-electron chi connectivity index (χ4n) is 3.58. The van der Waals surface area contributed by atoms with Crippen molar-refractivity contribution in [1.82, 2.24) is 0 Å². The molecule has 0 saturated carbocycles. The van der Waals surface area contributed by atoms with E-state index in [0.717, 1.165) is 6.16 Å². The van der Waals surface area contributed by atoms with Crippen molar-refractivity contribution in [2.45, 2.75) is 20.0 Å². The monoisotopic (exact) mass is 294 g/mol. The molecule has 21 heavy (non-hydrogen) atoms. The first-order valence-corrected chi connectivity index (χ1v) is 8.91. The molecule has 2 aliphatic heterocycles. The van der Waals surface area contributed by atoms with Crippen LogP contribution in [0.3, 0.4) is 0 Å². The number of fused-ring (bicyclic) bond motifs is 2. The predicted molar refractivity (Wildman–Crippen MR) is 89.2 cm³/mol. The van der Waals surface area contributed by atoms with Gasteiger partial charge < -0.3 is 4.52 Å². The van der Waals surface area contributed by atoms with Gasteiger partial charge in [-0.25, -0.2) is 0 Å². The average Bonchev–Trinajstić information content (AvgIpc) is 2.99. The van der Waals surface area contributed by atoms with E-state index in [0.29, 0.717) is 0 Å². The van der Waals surface area contributed by atoms with Crippen LogP contribution < -0.4 is 0 Å². The summed E-state index contributed by atoms with van der Waals surface area (Å²) in [6.45, 7) is 4.68. The number of hydrogen-bond donors (Lipinski definition) is 0. The van der Waals surface area contributed by atoms with Gasteiger partial charge in [0.1, 0.15) is 0 Å². The summed E-state index contributed by atoms with van der Waals surface area (Å²) >= 11 is 0. The topological polar surface area (TPSA) is 9.23 Å². The Bertz CT molecular complexity index is 692. The lowest BCUT2D eigenvalue weighted by atomic mass is 9.76. The van der Waals surface area contributed by atoms with Crippen molar-refractivity contribution in [3.63, 3.8) is 0 Å². The summed E-state index contributed by atoms with van der Waals surface area (Å²) in [5, 5.41) is 1.47. The second-order valence-corrected chi connectivity index (χ2v) is 7.92. The largest absolute Gasteiger partial charge is 0.346 e. The van der Waals surface area contributed by atoms with E-state index >= 15 is 0 Å². The second-order valence-electron chi connectivity index (χ2n) is 6.19. The van der Waals surface area contributed by atoms with Crippen molar-refractivity contribution in [3.05, 3.63) is 77.4 Å². The van der Waals surface area contributed by atoms with E-state index in [1.54, 1.807) is 0 Å². The Hall–Kier alpha value is -1.43. The van der Waals surface area contributed by atoms with Crippen LogP contribution in [-0.4, -0.2) is 6.16 Å². The van der Waals surface area contributed by atoms with E-state index in [2.05, 4.69) is 74.5 Å². The maximum Gasteiger partial charge on any atom is 0.0967 e. The fourth-order valence-corrected chi connectivity index (χ4v) is 6.59. The van der Waals surface area contributed by atoms with Gasteiger partial charge in [0.15, 0.2) is 0 Å². The Labute approximate surface area is 127 Å². The quantitative estimate of drug-likeness (QED) is 0.654. The maximum atomic E-state index is 6.49. The zero-order chi connectivity index (χ0) is 14.4. The standard InChI is InChI=1S/C19H19OP/c1-14-17(15-9-5-3-6-10-15)21-13-19(14,2)18(20-21)16-11-7-4-8-12-16/h3-12,18H,13H2,1-2H3/t18-,19-,21?/m1/s1. The SMILES string of the molecule is CC1=C(c2ccccc2)P2C[C@@]1(C)[C@@H](c1ccccc1)O2. The molecule has 2 heterocycles. The Balaban J connectivity index is 1.78. The van der Waals surface area contributed by atoms with Crippen molar-refractivity contribution >= 4 is 13.5 Å². The highest BCUT2D eigenvalue weighted by molar-refractivity contribution is 7.64. The molecule has 2 aromatic carbocycles. The lowest BCUT2D eigenvalue weighted by molar-refractivity contribution is 0.151. The molecule has 2 heteroatoms. The van der Waals surface area contributed by atoms with Gasteiger partial charge in [0.2, 0.25) is 0 Å². The molecule has 0 aliphatic carbocycles. The second kappa shape index (κ2) is 4.80. The molecule has 1 saturated heterocycles. The summed E-state index contributed by atoms with van der Waals surface area (Å²) in [6, 6.07) is 21.4. The van der Waals surface area contributed by atoms with E-state index in [1.807, 2.05) is 0 Å². The Morgan fingerprint density at radius 1 is 1.00 bits per heavy atom. The molecule has 106 valence electrons. The third-order valence-corrected chi connectivity index (χ3v) is 7.40. The minimum Gasteiger partial charge on any atom is -0.346 e. The summed E-state index contributed by atoms with van der Waals surface area (Å²) in [5.41, 5.74) is 4.34. The molecule has 0 spiro atoms. The molecule has 1 unspecified atom stereocenters. The highest BCUT2D eigenvalue weighted by Crippen LogP contribution is 2.75. The van der Waals surface area contributed by atoms with Gasteiger partial charge in [-0.05, 0) is 18.1 Å². The molecule has 1 fully saturated rings. The highest BCUT2D eigenvalue weighted by Gasteiger charge is 2.54. The first kappa shape index (κ1) is 13.2. The normalized spacial score (nSPS) is 31.0. The van der Waals surface area contributed by atoms with E-state index in [-0.39, 0.29) is 11.5 Å². The minimum absolute atomic E-state index is 0.151. The molecule has 4 rings (SSSR count). The fraction of sp³-hybridized carbons (Fsp3) is 0.263. The van der Waals surface area contributed by atoms with Crippen molar-refractivity contribution in [3.8, 4) is 0 Å². The molecule has 0 radical (unpaired) electrons. The Morgan fingerprint density at radius 3 is 2.24 bits per heavy atom. The van der Waals surface area contributed by atoms with Crippen LogP contribution in [0, 0.1) is 5.41 Å². The smallest absolute Gasteiger partial charge is 0.0967 e. The van der Waals surface area contributed by atoms with Crippen LogP contribution in [0.5, 0.6) is 0 Å². The van der Waals surface area contributed by atoms with Crippen molar-refractivity contribution < 1.29 is 4.52 Å². The van der Waals surface area contributed by atoms with E-state index in [4.69, 9.17) is 4.52 Å². The summed E-state index contributed by atoms with van der Waals surface area (Å²) in [5.74, 6) is 0. The van der Waals surface area contributed by atoms with Crippen molar-refractivity contribution in [2.75, 3.05) is 6.16 Å². The zero-order valence-corrected chi connectivity index (χ0v) is 13.3. The summed E-state index contributed by atoms with van der Waals surface area (Å²) in [4.78, 5) is 0. The molecule has 0 amide bonds. The van der Waals surface area contributed by atoms with E-state index in [9.17, 15) is 0 Å². The van der Waals surface area contributed by atoms with Crippen molar-refractivity contribution in [2.24, 2.45) is 5.41 Å². The Morgan fingerprint density at radius 2 is 1.62 bits per heavy atom. The molecule has 2 aromatic rings. The molecule has 2 aliphatic rings. The van der Waals surface area contributed by atoms with Gasteiger partial charge in [0, 0.05) is 16.9 Å². The van der Waals surface area contributed by atoms with E-state index in [1.165, 1.54) is 22.0 Å². The van der Waals surface area contributed by atoms with Gasteiger partial charge in [-0.15, -0.1) is 0 Å². The lowest BCUT2D eigenvalue weighted by Crippen LogP contribution is -2.24. The first-order valence-electron chi connectivity index (χ1n) is 7.46. The molecular weight excluding hydrogens is 275 g/mol. The molecule has 1 nitrogen and oxygen atoms in total. The van der Waals surface area contributed by atoms with Crippen LogP contribution in [0.25, 0.3) is 5.31 Å². The summed E-state index contributed by atoms with van der Waals surface area (Å²) in [6.07, 6.45) is 1.38. The van der Waals surface area contributed by atoms with Crippen molar-refractivity contribution in [1.29, 1.82) is 0 Å². The van der Waals surface area contributed by atoms with Crippen LogP contribution in [-0.2, 0) is 4.52 Å². The Kier molecular flexibility index (Phi) is 3.03. The van der Waals surface area contributed by atoms with Crippen LogP contribution >= 0.6 is 8.15 Å². The third kappa shape index (κ3) is 1.92. The van der Waals surface area contributed by atoms with Gasteiger partial charge in [0.25, 0.3) is 0 Å². The molecule has 0 aromatic heterocycles. The van der Waals surface area contributed by atoms with Crippen LogP contribution in [0.1, 0.15) is 31.1 Å². The number of hydrogen-bond acceptors (Lipinski definition) is 1. The van der Waals surface area contributed by atoms with Gasteiger partial charge in [-0.3, -0.25) is 0 Å². The predicted octanol–water partition coefficient (Wildman–Crippen LogP) is 5.61. The molecule has 2 bridgehead atoms. The molecule has 0 N–H and O–H groups in total. The average molecular weight is 294 g/mol. The number of benzene rings is 2. The lowest BCUT2D eigenvalue weighted by Gasteiger charge is -2.33. The third-order valence-electron chi connectivity index (χ3n) is 4.89. The van der Waals surface area contributed by atoms with Crippen LogP contribution in [0.15, 0.2) is 66.2 Å². The minimum atomic E-state index is -0.480. The summed E-state index contributed by atoms with van der Waals surface area (Å²) in [7, 11) is -0.480. The van der Waals surface area contributed by atoms with Gasteiger partial charge in [-0.1, -0.05) is 73.2 Å². The maximum absolute atomic E-state index is 6.49. The molecule has 3 atom stereocenters. The van der Waals surface area contributed by atoms with Crippen LogP contribution in [0.2, 0.25) is 0 Å². The molecular formula is C19H19OP. The van der Waals surface area contributed by atoms with Gasteiger partial charge in [0.05, 0.1) is 14.3 Å². The van der Waals surface area contributed by atoms with Crippen LogP contribution in [0.4, 0.5) is 0 Å². The highest BCUT2D eigenvalue weighted by atomic mass is 31.1. The number of rotatable bonds is 2. The summed E-state index contributed by atoms with van der Waals surface area (Å²) < 4.78 is 6.49. The van der Waals surface area contributed by atoms with E-state index < -0.39 is 8.15 Å². The first-order chi connectivity index (χ1) is 10.2.